The highest BCUT2D eigenvalue weighted by molar-refractivity contribution is 8.00. The number of amides is 1. The van der Waals surface area contributed by atoms with Crippen LogP contribution in [0.5, 0.6) is 0 Å². The van der Waals surface area contributed by atoms with Gasteiger partial charge in [0.15, 0.2) is 0 Å². The van der Waals surface area contributed by atoms with E-state index in [2.05, 4.69) is 0 Å². The van der Waals surface area contributed by atoms with E-state index in [1.165, 1.54) is 16.7 Å². The molecule has 0 radical (unpaired) electrons. The van der Waals surface area contributed by atoms with Gasteiger partial charge in [-0.05, 0) is 18.2 Å². The molecule has 0 fully saturated rings. The lowest BCUT2D eigenvalue weighted by Crippen LogP contribution is -2.36. The number of hydrogen-bond acceptors (Lipinski definition) is 3. The quantitative estimate of drug-likeness (QED) is 0.780. The van der Waals surface area contributed by atoms with Crippen LogP contribution in [0.3, 0.4) is 0 Å². The lowest BCUT2D eigenvalue weighted by Gasteiger charge is -2.28. The fourth-order valence-electron chi connectivity index (χ4n) is 1.55. The second-order valence-corrected chi connectivity index (χ2v) is 4.27. The van der Waals surface area contributed by atoms with Gasteiger partial charge in [0, 0.05) is 10.6 Å². The van der Waals surface area contributed by atoms with Gasteiger partial charge >= 0.3 is 0 Å². The molecule has 0 aliphatic carbocycles. The van der Waals surface area contributed by atoms with Crippen LogP contribution in [-0.4, -0.2) is 24.9 Å². The Morgan fingerprint density at radius 3 is 3.07 bits per heavy atom. The van der Waals surface area contributed by atoms with Gasteiger partial charge in [-0.25, -0.2) is 4.39 Å². The van der Waals surface area contributed by atoms with Crippen molar-refractivity contribution in [2.24, 2.45) is 0 Å². The van der Waals surface area contributed by atoms with Crippen molar-refractivity contribution in [3.05, 3.63) is 18.2 Å². The average molecular weight is 226 g/mol. The largest absolute Gasteiger partial charge is 0.399 e. The minimum Gasteiger partial charge on any atom is -0.399 e. The number of nitrogens with two attached hydrogens (primary N) is 1. The number of rotatable bonds is 2. The predicted molar refractivity (Wildman–Crippen MR) is 59.9 cm³/mol. The van der Waals surface area contributed by atoms with Crippen molar-refractivity contribution in [1.29, 1.82) is 0 Å². The zero-order valence-corrected chi connectivity index (χ0v) is 8.89. The lowest BCUT2D eigenvalue weighted by atomic mass is 10.2. The third-order valence-electron chi connectivity index (χ3n) is 2.23. The molecule has 2 rings (SSSR count). The number of carbonyl (C=O) groups is 1. The van der Waals surface area contributed by atoms with Gasteiger partial charge in [0.2, 0.25) is 5.91 Å². The Labute approximate surface area is 91.4 Å². The molecule has 0 saturated heterocycles. The molecule has 1 amide bonds. The molecule has 0 saturated carbocycles. The van der Waals surface area contributed by atoms with E-state index in [1.54, 1.807) is 12.1 Å². The average Bonchev–Trinajstić information content (AvgIpc) is 2.22. The number of thioether (sulfide) groups is 1. The smallest absolute Gasteiger partial charge is 0.237 e. The maximum Gasteiger partial charge on any atom is 0.237 e. The van der Waals surface area contributed by atoms with E-state index in [1.807, 2.05) is 6.07 Å². The first-order valence-corrected chi connectivity index (χ1v) is 5.59. The fraction of sp³-hybridized carbons (Fsp3) is 0.300. The van der Waals surface area contributed by atoms with Crippen LogP contribution in [-0.2, 0) is 4.79 Å². The van der Waals surface area contributed by atoms with Crippen molar-refractivity contribution in [1.82, 2.24) is 0 Å². The minimum atomic E-state index is -0.528. The fourth-order valence-corrected chi connectivity index (χ4v) is 2.53. The summed E-state index contributed by atoms with van der Waals surface area (Å²) in [4.78, 5) is 14.0. The summed E-state index contributed by atoms with van der Waals surface area (Å²) in [6.45, 7) is -0.406. The van der Waals surface area contributed by atoms with Crippen molar-refractivity contribution in [2.45, 2.75) is 4.90 Å². The Bertz CT molecular complexity index is 397. The van der Waals surface area contributed by atoms with Gasteiger partial charge in [-0.1, -0.05) is 0 Å². The number of anilines is 2. The maximum atomic E-state index is 12.3. The summed E-state index contributed by atoms with van der Waals surface area (Å²) >= 11 is 1.45. The molecule has 0 bridgehead atoms. The summed E-state index contributed by atoms with van der Waals surface area (Å²) < 4.78 is 12.3. The van der Waals surface area contributed by atoms with Gasteiger partial charge in [-0.15, -0.1) is 11.8 Å². The van der Waals surface area contributed by atoms with Crippen LogP contribution in [0, 0.1) is 0 Å². The molecule has 3 nitrogen and oxygen atoms in total. The van der Waals surface area contributed by atoms with Gasteiger partial charge in [0.25, 0.3) is 0 Å². The van der Waals surface area contributed by atoms with E-state index in [-0.39, 0.29) is 12.5 Å². The van der Waals surface area contributed by atoms with Gasteiger partial charge in [-0.3, -0.25) is 4.79 Å². The Morgan fingerprint density at radius 2 is 2.33 bits per heavy atom. The molecular weight excluding hydrogens is 215 g/mol. The standard InChI is InChI=1S/C10H11FN2OS/c11-3-4-13-8-2-1-7(12)5-9(8)15-6-10(13)14/h1-2,5H,3-4,6,12H2. The highest BCUT2D eigenvalue weighted by Gasteiger charge is 2.24. The molecule has 0 aromatic heterocycles. The number of carbonyl (C=O) groups excluding carboxylic acids is 1. The third-order valence-corrected chi connectivity index (χ3v) is 3.26. The molecule has 5 heteroatoms. The van der Waals surface area contributed by atoms with Crippen LogP contribution in [0.4, 0.5) is 15.8 Å². The summed E-state index contributed by atoms with van der Waals surface area (Å²) in [5, 5.41) is 0. The first-order chi connectivity index (χ1) is 7.22. The molecular formula is C10H11FN2OS. The van der Waals surface area contributed by atoms with E-state index >= 15 is 0 Å². The SMILES string of the molecule is Nc1ccc2c(c1)SCC(=O)N2CCF. The van der Waals surface area contributed by atoms with Gasteiger partial charge in [-0.2, -0.15) is 0 Å². The van der Waals surface area contributed by atoms with Gasteiger partial charge in [0.1, 0.15) is 6.67 Å². The van der Waals surface area contributed by atoms with Crippen LogP contribution >= 0.6 is 11.8 Å². The number of benzene rings is 1. The first-order valence-electron chi connectivity index (χ1n) is 4.61. The minimum absolute atomic E-state index is 0.0464. The summed E-state index contributed by atoms with van der Waals surface area (Å²) in [7, 11) is 0. The highest BCUT2D eigenvalue weighted by Crippen LogP contribution is 2.36. The Hall–Kier alpha value is -1.23. The molecule has 0 unspecified atom stereocenters. The summed E-state index contributed by atoms with van der Waals surface area (Å²) in [6.07, 6.45) is 0. The van der Waals surface area contributed by atoms with E-state index in [4.69, 9.17) is 5.73 Å². The van der Waals surface area contributed by atoms with Crippen molar-refractivity contribution in [3.8, 4) is 0 Å². The normalized spacial score (nSPS) is 15.3. The summed E-state index contributed by atoms with van der Waals surface area (Å²) in [5.41, 5.74) is 7.07. The molecule has 2 N–H and O–H groups in total. The van der Waals surface area contributed by atoms with Crippen LogP contribution in [0.25, 0.3) is 0 Å². The van der Waals surface area contributed by atoms with Crippen molar-refractivity contribution in [2.75, 3.05) is 29.6 Å². The maximum absolute atomic E-state index is 12.3. The number of nitrogen functional groups attached to an aromatic ring is 1. The molecule has 1 aliphatic rings. The molecule has 1 aromatic carbocycles. The summed E-state index contributed by atoms with van der Waals surface area (Å²) in [6, 6.07) is 5.31. The van der Waals surface area contributed by atoms with Crippen LogP contribution in [0.15, 0.2) is 23.1 Å². The van der Waals surface area contributed by atoms with Crippen LogP contribution in [0.1, 0.15) is 0 Å². The highest BCUT2D eigenvalue weighted by atomic mass is 32.2. The third kappa shape index (κ3) is 1.92. The Morgan fingerprint density at radius 1 is 1.53 bits per heavy atom. The van der Waals surface area contributed by atoms with Crippen molar-refractivity contribution in [3.63, 3.8) is 0 Å². The molecule has 1 aliphatic heterocycles. The van der Waals surface area contributed by atoms with Crippen LogP contribution < -0.4 is 10.6 Å². The van der Waals surface area contributed by atoms with Gasteiger partial charge in [0.05, 0.1) is 18.0 Å². The van der Waals surface area contributed by atoms with E-state index in [9.17, 15) is 9.18 Å². The Balaban J connectivity index is 2.39. The predicted octanol–water partition coefficient (Wildman–Crippen LogP) is 1.68. The molecule has 1 aromatic rings. The number of nitrogens with zero attached hydrogens (tertiary/aromatic N) is 1. The monoisotopic (exact) mass is 226 g/mol. The second-order valence-electron chi connectivity index (χ2n) is 3.25. The number of halogens is 1. The van der Waals surface area contributed by atoms with Crippen molar-refractivity contribution >= 4 is 29.0 Å². The Kier molecular flexibility index (Phi) is 2.81. The molecule has 0 atom stereocenters. The second kappa shape index (κ2) is 4.10. The topological polar surface area (TPSA) is 46.3 Å². The zero-order chi connectivity index (χ0) is 10.8. The lowest BCUT2D eigenvalue weighted by molar-refractivity contribution is -0.116. The number of hydrogen-bond donors (Lipinski definition) is 1. The first kappa shape index (κ1) is 10.3. The molecule has 80 valence electrons. The van der Waals surface area contributed by atoms with Crippen molar-refractivity contribution < 1.29 is 9.18 Å². The number of fused-ring (bicyclic) bond motifs is 1. The molecule has 15 heavy (non-hydrogen) atoms. The van der Waals surface area contributed by atoms with E-state index in [0.29, 0.717) is 11.4 Å². The summed E-state index contributed by atoms with van der Waals surface area (Å²) in [5.74, 6) is 0.311. The van der Waals surface area contributed by atoms with Crippen LogP contribution in [0.2, 0.25) is 0 Å². The van der Waals surface area contributed by atoms with E-state index < -0.39 is 6.67 Å². The van der Waals surface area contributed by atoms with E-state index in [0.717, 1.165) is 10.6 Å². The number of alkyl halides is 1. The van der Waals surface area contributed by atoms with Gasteiger partial charge < -0.3 is 10.6 Å². The molecule has 0 spiro atoms. The zero-order valence-electron chi connectivity index (χ0n) is 8.07. The molecule has 1 heterocycles.